The van der Waals surface area contributed by atoms with E-state index in [2.05, 4.69) is 10.6 Å². The molecule has 3 amide bonds. The Balaban J connectivity index is 2.61. The molecule has 0 aromatic rings. The third-order valence-electron chi connectivity index (χ3n) is 2.97. The fourth-order valence-electron chi connectivity index (χ4n) is 1.74. The van der Waals surface area contributed by atoms with Crippen LogP contribution in [0.4, 0.5) is 0 Å². The minimum atomic E-state index is -0.613. The summed E-state index contributed by atoms with van der Waals surface area (Å²) >= 11 is 0. The van der Waals surface area contributed by atoms with E-state index in [1.54, 1.807) is 27.7 Å². The minimum Gasteiger partial charge on any atom is -0.354 e. The van der Waals surface area contributed by atoms with Gasteiger partial charge in [-0.2, -0.15) is 0 Å². The van der Waals surface area contributed by atoms with E-state index in [1.807, 2.05) is 0 Å². The highest BCUT2D eigenvalue weighted by Crippen LogP contribution is 2.13. The SMILES string of the molecule is CC(NC(=O)C(C)(C)C)C(=O)N1CCCNC(=O)C1. The largest absolute Gasteiger partial charge is 0.354 e. The molecule has 0 saturated carbocycles. The quantitative estimate of drug-likeness (QED) is 0.734. The minimum absolute atomic E-state index is 0.0640. The molecule has 1 atom stereocenters. The first kappa shape index (κ1) is 15.5. The molecule has 0 radical (unpaired) electrons. The van der Waals surface area contributed by atoms with Crippen LogP contribution < -0.4 is 10.6 Å². The second kappa shape index (κ2) is 6.04. The van der Waals surface area contributed by atoms with E-state index in [0.29, 0.717) is 13.1 Å². The number of amides is 3. The lowest BCUT2D eigenvalue weighted by Crippen LogP contribution is -2.50. The van der Waals surface area contributed by atoms with Crippen LogP contribution in [0.3, 0.4) is 0 Å². The van der Waals surface area contributed by atoms with Gasteiger partial charge in [0.05, 0.1) is 6.54 Å². The third kappa shape index (κ3) is 4.54. The molecule has 0 aromatic carbocycles. The van der Waals surface area contributed by atoms with E-state index < -0.39 is 11.5 Å². The van der Waals surface area contributed by atoms with Gasteiger partial charge in [0.25, 0.3) is 0 Å². The van der Waals surface area contributed by atoms with Crippen molar-refractivity contribution in [1.29, 1.82) is 0 Å². The molecule has 6 nitrogen and oxygen atoms in total. The highest BCUT2D eigenvalue weighted by Gasteiger charge is 2.28. The van der Waals surface area contributed by atoms with E-state index in [4.69, 9.17) is 0 Å². The third-order valence-corrected chi connectivity index (χ3v) is 2.97. The van der Waals surface area contributed by atoms with Gasteiger partial charge in [0.2, 0.25) is 17.7 Å². The van der Waals surface area contributed by atoms with Gasteiger partial charge in [-0.1, -0.05) is 20.8 Å². The fraction of sp³-hybridized carbons (Fsp3) is 0.769. The van der Waals surface area contributed by atoms with Gasteiger partial charge in [-0.3, -0.25) is 14.4 Å². The van der Waals surface area contributed by atoms with Gasteiger partial charge >= 0.3 is 0 Å². The van der Waals surface area contributed by atoms with E-state index >= 15 is 0 Å². The zero-order valence-electron chi connectivity index (χ0n) is 12.1. The zero-order chi connectivity index (χ0) is 14.6. The smallest absolute Gasteiger partial charge is 0.245 e. The van der Waals surface area contributed by atoms with Crippen molar-refractivity contribution >= 4 is 17.7 Å². The molecule has 1 heterocycles. The summed E-state index contributed by atoms with van der Waals surface area (Å²) in [6, 6.07) is -0.613. The molecule has 0 spiro atoms. The Hall–Kier alpha value is -1.59. The van der Waals surface area contributed by atoms with Crippen molar-refractivity contribution in [3.63, 3.8) is 0 Å². The maximum atomic E-state index is 12.2. The normalized spacial score (nSPS) is 18.3. The molecule has 1 saturated heterocycles. The molecular formula is C13H23N3O3. The van der Waals surface area contributed by atoms with Crippen LogP contribution in [0, 0.1) is 5.41 Å². The molecule has 1 aliphatic rings. The van der Waals surface area contributed by atoms with Crippen LogP contribution in [0.25, 0.3) is 0 Å². The summed E-state index contributed by atoms with van der Waals surface area (Å²) in [5, 5.41) is 5.40. The van der Waals surface area contributed by atoms with Crippen LogP contribution >= 0.6 is 0 Å². The van der Waals surface area contributed by atoms with Crippen molar-refractivity contribution in [1.82, 2.24) is 15.5 Å². The van der Waals surface area contributed by atoms with Crippen molar-refractivity contribution < 1.29 is 14.4 Å². The molecule has 108 valence electrons. The second-order valence-electron chi connectivity index (χ2n) is 5.91. The molecule has 19 heavy (non-hydrogen) atoms. The Morgan fingerprint density at radius 3 is 2.58 bits per heavy atom. The summed E-state index contributed by atoms with van der Waals surface area (Å²) in [7, 11) is 0. The molecule has 1 rings (SSSR count). The second-order valence-corrected chi connectivity index (χ2v) is 5.91. The first-order chi connectivity index (χ1) is 8.71. The summed E-state index contributed by atoms with van der Waals surface area (Å²) in [5.74, 6) is -0.539. The highest BCUT2D eigenvalue weighted by atomic mass is 16.2. The molecule has 0 bridgehead atoms. The molecular weight excluding hydrogens is 246 g/mol. The maximum absolute atomic E-state index is 12.2. The van der Waals surface area contributed by atoms with Crippen molar-refractivity contribution in [3.8, 4) is 0 Å². The van der Waals surface area contributed by atoms with Gasteiger partial charge in [-0.25, -0.2) is 0 Å². The number of rotatable bonds is 2. The summed E-state index contributed by atoms with van der Waals surface area (Å²) in [6.07, 6.45) is 0.734. The standard InChI is InChI=1S/C13H23N3O3/c1-9(15-12(19)13(2,3)4)11(18)16-7-5-6-14-10(17)8-16/h9H,5-8H2,1-4H3,(H,14,17)(H,15,19). The van der Waals surface area contributed by atoms with Gasteiger partial charge in [0.15, 0.2) is 0 Å². The monoisotopic (exact) mass is 269 g/mol. The van der Waals surface area contributed by atoms with E-state index in [-0.39, 0.29) is 24.3 Å². The van der Waals surface area contributed by atoms with Crippen LogP contribution in [0.2, 0.25) is 0 Å². The first-order valence-corrected chi connectivity index (χ1v) is 6.58. The molecule has 1 aliphatic heterocycles. The number of carbonyl (C=O) groups is 3. The Morgan fingerprint density at radius 2 is 2.00 bits per heavy atom. The fourth-order valence-corrected chi connectivity index (χ4v) is 1.74. The van der Waals surface area contributed by atoms with Gasteiger partial charge in [0.1, 0.15) is 6.04 Å². The Kier molecular flexibility index (Phi) is 4.91. The predicted octanol–water partition coefficient (Wildman–Crippen LogP) is -0.114. The lowest BCUT2D eigenvalue weighted by Gasteiger charge is -2.26. The molecule has 6 heteroatoms. The Labute approximate surface area is 113 Å². The van der Waals surface area contributed by atoms with Crippen LogP contribution in [0.1, 0.15) is 34.1 Å². The number of nitrogens with one attached hydrogen (secondary N) is 2. The lowest BCUT2D eigenvalue weighted by atomic mass is 9.95. The Bertz CT molecular complexity index is 374. The van der Waals surface area contributed by atoms with Crippen LogP contribution in [0.5, 0.6) is 0 Å². The lowest BCUT2D eigenvalue weighted by molar-refractivity contribution is -0.139. The summed E-state index contributed by atoms with van der Waals surface area (Å²) in [6.45, 7) is 8.21. The van der Waals surface area contributed by atoms with Crippen molar-refractivity contribution in [2.75, 3.05) is 19.6 Å². The molecule has 0 aromatic heterocycles. The van der Waals surface area contributed by atoms with Gasteiger partial charge in [-0.15, -0.1) is 0 Å². The van der Waals surface area contributed by atoms with Crippen LogP contribution in [0.15, 0.2) is 0 Å². The van der Waals surface area contributed by atoms with Gasteiger partial charge in [-0.05, 0) is 13.3 Å². The molecule has 0 aliphatic carbocycles. The zero-order valence-corrected chi connectivity index (χ0v) is 12.1. The Morgan fingerprint density at radius 1 is 1.37 bits per heavy atom. The molecule has 1 fully saturated rings. The number of hydrogen-bond acceptors (Lipinski definition) is 3. The van der Waals surface area contributed by atoms with Crippen molar-refractivity contribution in [3.05, 3.63) is 0 Å². The molecule has 1 unspecified atom stereocenters. The van der Waals surface area contributed by atoms with E-state index in [1.165, 1.54) is 4.90 Å². The topological polar surface area (TPSA) is 78.5 Å². The maximum Gasteiger partial charge on any atom is 0.245 e. The van der Waals surface area contributed by atoms with Crippen molar-refractivity contribution in [2.45, 2.75) is 40.2 Å². The summed E-state index contributed by atoms with van der Waals surface area (Å²) in [5.41, 5.74) is -0.537. The van der Waals surface area contributed by atoms with Crippen LogP contribution in [-0.4, -0.2) is 48.3 Å². The average Bonchev–Trinajstić information content (AvgIpc) is 2.51. The first-order valence-electron chi connectivity index (χ1n) is 6.58. The van der Waals surface area contributed by atoms with E-state index in [9.17, 15) is 14.4 Å². The van der Waals surface area contributed by atoms with Gasteiger partial charge in [0, 0.05) is 18.5 Å². The molecule has 2 N–H and O–H groups in total. The average molecular weight is 269 g/mol. The number of carbonyl (C=O) groups excluding carboxylic acids is 3. The number of nitrogens with zero attached hydrogens (tertiary/aromatic N) is 1. The van der Waals surface area contributed by atoms with Gasteiger partial charge < -0.3 is 15.5 Å². The summed E-state index contributed by atoms with van der Waals surface area (Å²) < 4.78 is 0. The van der Waals surface area contributed by atoms with Crippen molar-refractivity contribution in [2.24, 2.45) is 5.41 Å². The summed E-state index contributed by atoms with van der Waals surface area (Å²) in [4.78, 5) is 36.9. The number of hydrogen-bond donors (Lipinski definition) is 2. The van der Waals surface area contributed by atoms with Crippen LogP contribution in [-0.2, 0) is 14.4 Å². The predicted molar refractivity (Wildman–Crippen MR) is 71.3 cm³/mol. The highest BCUT2D eigenvalue weighted by molar-refractivity contribution is 5.91. The van der Waals surface area contributed by atoms with E-state index in [0.717, 1.165) is 6.42 Å².